The normalized spacial score (nSPS) is 23.6. The fraction of sp³-hybridized carbons (Fsp3) is 0.619. The average molecular weight is 360 g/mol. The predicted octanol–water partition coefficient (Wildman–Crippen LogP) is 4.73. The van der Waals surface area contributed by atoms with Gasteiger partial charge in [0.1, 0.15) is 0 Å². The Morgan fingerprint density at radius 3 is 2.04 bits per heavy atom. The van der Waals surface area contributed by atoms with Gasteiger partial charge < -0.3 is 4.90 Å². The standard InChI is InChI=1S/C21H26ClNO2/c22-18-3-1-15(2-4-18)19(24)16-7-13-23(14-8-16)20(25)17-5-9-21(10-6-17)11-12-21/h1-4,16-17H,5-14H2. The van der Waals surface area contributed by atoms with Crippen molar-refractivity contribution >= 4 is 23.3 Å². The van der Waals surface area contributed by atoms with Crippen molar-refractivity contribution in [2.75, 3.05) is 13.1 Å². The maximum atomic E-state index is 12.8. The second-order valence-electron chi connectivity index (χ2n) is 8.24. The molecule has 25 heavy (non-hydrogen) atoms. The van der Waals surface area contributed by atoms with Gasteiger partial charge in [0.2, 0.25) is 5.91 Å². The summed E-state index contributed by atoms with van der Waals surface area (Å²) in [6.45, 7) is 1.45. The van der Waals surface area contributed by atoms with Crippen LogP contribution in [0, 0.1) is 17.3 Å². The number of carbonyl (C=O) groups excluding carboxylic acids is 2. The quantitative estimate of drug-likeness (QED) is 0.731. The smallest absolute Gasteiger partial charge is 0.225 e. The molecule has 134 valence electrons. The first-order chi connectivity index (χ1) is 12.1. The van der Waals surface area contributed by atoms with Gasteiger partial charge in [-0.2, -0.15) is 0 Å². The van der Waals surface area contributed by atoms with E-state index in [9.17, 15) is 9.59 Å². The molecule has 0 bridgehead atoms. The van der Waals surface area contributed by atoms with E-state index in [1.807, 2.05) is 4.90 Å². The van der Waals surface area contributed by atoms with Crippen LogP contribution in [0.15, 0.2) is 24.3 Å². The minimum Gasteiger partial charge on any atom is -0.342 e. The maximum Gasteiger partial charge on any atom is 0.225 e. The predicted molar refractivity (Wildman–Crippen MR) is 98.7 cm³/mol. The van der Waals surface area contributed by atoms with Crippen molar-refractivity contribution in [2.24, 2.45) is 17.3 Å². The molecule has 1 aliphatic heterocycles. The molecule has 2 saturated carbocycles. The number of halogens is 1. The van der Waals surface area contributed by atoms with E-state index >= 15 is 0 Å². The topological polar surface area (TPSA) is 37.4 Å². The van der Waals surface area contributed by atoms with Gasteiger partial charge in [0.05, 0.1) is 0 Å². The summed E-state index contributed by atoms with van der Waals surface area (Å²) in [6, 6.07) is 7.14. The zero-order chi connectivity index (χ0) is 17.4. The van der Waals surface area contributed by atoms with Crippen LogP contribution in [0.4, 0.5) is 0 Å². The molecule has 1 amide bonds. The van der Waals surface area contributed by atoms with Gasteiger partial charge >= 0.3 is 0 Å². The summed E-state index contributed by atoms with van der Waals surface area (Å²) in [5.74, 6) is 0.797. The zero-order valence-electron chi connectivity index (χ0n) is 14.7. The molecule has 1 aromatic rings. The van der Waals surface area contributed by atoms with Crippen molar-refractivity contribution in [1.82, 2.24) is 4.90 Å². The van der Waals surface area contributed by atoms with Crippen LogP contribution in [-0.4, -0.2) is 29.7 Å². The number of amides is 1. The lowest BCUT2D eigenvalue weighted by atomic mass is 9.79. The summed E-state index contributed by atoms with van der Waals surface area (Å²) in [5.41, 5.74) is 1.37. The van der Waals surface area contributed by atoms with Crippen LogP contribution in [0.25, 0.3) is 0 Å². The van der Waals surface area contributed by atoms with Crippen molar-refractivity contribution in [3.63, 3.8) is 0 Å². The molecule has 2 aliphatic carbocycles. The van der Waals surface area contributed by atoms with E-state index in [1.54, 1.807) is 24.3 Å². The minimum absolute atomic E-state index is 0.0336. The lowest BCUT2D eigenvalue weighted by Gasteiger charge is -2.36. The van der Waals surface area contributed by atoms with E-state index in [4.69, 9.17) is 11.6 Å². The summed E-state index contributed by atoms with van der Waals surface area (Å²) < 4.78 is 0. The first-order valence-electron chi connectivity index (χ1n) is 9.65. The molecular weight excluding hydrogens is 334 g/mol. The van der Waals surface area contributed by atoms with Crippen LogP contribution in [0.3, 0.4) is 0 Å². The zero-order valence-corrected chi connectivity index (χ0v) is 15.4. The first kappa shape index (κ1) is 17.1. The molecule has 1 spiro atoms. The Kier molecular flexibility index (Phi) is 4.61. The summed E-state index contributed by atoms with van der Waals surface area (Å²) in [4.78, 5) is 27.4. The van der Waals surface area contributed by atoms with Gasteiger partial charge in [-0.25, -0.2) is 0 Å². The van der Waals surface area contributed by atoms with E-state index in [0.29, 0.717) is 16.3 Å². The van der Waals surface area contributed by atoms with Crippen LogP contribution in [0.1, 0.15) is 61.7 Å². The highest BCUT2D eigenvalue weighted by atomic mass is 35.5. The molecule has 3 nitrogen and oxygen atoms in total. The van der Waals surface area contributed by atoms with E-state index in [2.05, 4.69) is 0 Å². The number of likely N-dealkylation sites (tertiary alicyclic amines) is 1. The van der Waals surface area contributed by atoms with E-state index in [1.165, 1.54) is 25.7 Å². The molecule has 3 aliphatic rings. The molecule has 4 heteroatoms. The molecule has 0 radical (unpaired) electrons. The van der Waals surface area contributed by atoms with Crippen LogP contribution in [0.2, 0.25) is 5.02 Å². The number of ketones is 1. The van der Waals surface area contributed by atoms with Crippen molar-refractivity contribution in [1.29, 1.82) is 0 Å². The fourth-order valence-corrected chi connectivity index (χ4v) is 4.75. The fourth-order valence-electron chi connectivity index (χ4n) is 4.62. The van der Waals surface area contributed by atoms with Crippen LogP contribution < -0.4 is 0 Å². The molecule has 1 saturated heterocycles. The Morgan fingerprint density at radius 2 is 1.48 bits per heavy atom. The molecule has 0 unspecified atom stereocenters. The van der Waals surface area contributed by atoms with Gasteiger partial charge in [-0.15, -0.1) is 0 Å². The molecular formula is C21H26ClNO2. The SMILES string of the molecule is O=C(c1ccc(Cl)cc1)C1CCN(C(=O)C2CCC3(CC2)CC3)CC1. The number of carbonyl (C=O) groups is 2. The monoisotopic (exact) mass is 359 g/mol. The molecule has 0 atom stereocenters. The molecule has 4 rings (SSSR count). The van der Waals surface area contributed by atoms with Crippen molar-refractivity contribution in [3.05, 3.63) is 34.9 Å². The number of hydrogen-bond donors (Lipinski definition) is 0. The Balaban J connectivity index is 1.29. The van der Waals surface area contributed by atoms with E-state index in [-0.39, 0.29) is 17.6 Å². The molecule has 1 aromatic carbocycles. The highest BCUT2D eigenvalue weighted by Gasteiger charge is 2.46. The third-order valence-electron chi connectivity index (χ3n) is 6.66. The lowest BCUT2D eigenvalue weighted by Crippen LogP contribution is -2.44. The third-order valence-corrected chi connectivity index (χ3v) is 6.91. The van der Waals surface area contributed by atoms with Crippen LogP contribution >= 0.6 is 11.6 Å². The van der Waals surface area contributed by atoms with E-state index in [0.717, 1.165) is 44.3 Å². The van der Waals surface area contributed by atoms with Crippen molar-refractivity contribution < 1.29 is 9.59 Å². The van der Waals surface area contributed by atoms with Gasteiger partial charge in [-0.3, -0.25) is 9.59 Å². The summed E-state index contributed by atoms with van der Waals surface area (Å²) in [7, 11) is 0. The Labute approximate surface area is 154 Å². The number of Topliss-reactive ketones (excluding diaryl/α,β-unsaturated/α-hetero) is 1. The number of nitrogens with zero attached hydrogens (tertiary/aromatic N) is 1. The number of piperidine rings is 1. The molecule has 3 fully saturated rings. The maximum absolute atomic E-state index is 12.8. The van der Waals surface area contributed by atoms with Gasteiger partial charge in [0.15, 0.2) is 5.78 Å². The van der Waals surface area contributed by atoms with Crippen molar-refractivity contribution in [3.8, 4) is 0 Å². The molecule has 0 N–H and O–H groups in total. The largest absolute Gasteiger partial charge is 0.342 e. The second-order valence-corrected chi connectivity index (χ2v) is 8.68. The summed E-state index contributed by atoms with van der Waals surface area (Å²) >= 11 is 5.90. The lowest BCUT2D eigenvalue weighted by molar-refractivity contribution is -0.138. The summed E-state index contributed by atoms with van der Waals surface area (Å²) in [5, 5.41) is 0.650. The number of rotatable bonds is 3. The van der Waals surface area contributed by atoms with Crippen LogP contribution in [0.5, 0.6) is 0 Å². The first-order valence-corrected chi connectivity index (χ1v) is 10.0. The highest BCUT2D eigenvalue weighted by Crippen LogP contribution is 2.57. The molecule has 0 aromatic heterocycles. The summed E-state index contributed by atoms with van der Waals surface area (Å²) in [6.07, 6.45) is 8.96. The number of hydrogen-bond acceptors (Lipinski definition) is 2. The minimum atomic E-state index is 0.0336. The third kappa shape index (κ3) is 3.62. The molecule has 1 heterocycles. The Bertz CT molecular complexity index is 647. The van der Waals surface area contributed by atoms with Gasteiger partial charge in [-0.05, 0) is 81.0 Å². The highest BCUT2D eigenvalue weighted by molar-refractivity contribution is 6.30. The van der Waals surface area contributed by atoms with Gasteiger partial charge in [0.25, 0.3) is 0 Å². The van der Waals surface area contributed by atoms with Gasteiger partial charge in [-0.1, -0.05) is 11.6 Å². The Morgan fingerprint density at radius 1 is 0.880 bits per heavy atom. The second kappa shape index (κ2) is 6.75. The number of benzene rings is 1. The Hall–Kier alpha value is -1.35. The van der Waals surface area contributed by atoms with Gasteiger partial charge in [0, 0.05) is 35.5 Å². The van der Waals surface area contributed by atoms with Crippen LogP contribution in [-0.2, 0) is 4.79 Å². The average Bonchev–Trinajstić information content (AvgIpc) is 3.41. The van der Waals surface area contributed by atoms with Crippen molar-refractivity contribution in [2.45, 2.75) is 51.4 Å². The van der Waals surface area contributed by atoms with E-state index < -0.39 is 0 Å².